The van der Waals surface area contributed by atoms with Gasteiger partial charge in [-0.3, -0.25) is 14.5 Å². The van der Waals surface area contributed by atoms with Gasteiger partial charge in [0.25, 0.3) is 0 Å². The van der Waals surface area contributed by atoms with Crippen LogP contribution in [0.15, 0.2) is 22.7 Å². The minimum Gasteiger partial charge on any atom is -0.346 e. The second kappa shape index (κ2) is 7.74. The highest BCUT2D eigenvalue weighted by atomic mass is 79.9. The van der Waals surface area contributed by atoms with E-state index in [1.165, 1.54) is 0 Å². The molecular weight excluding hydrogens is 346 g/mol. The van der Waals surface area contributed by atoms with E-state index in [9.17, 15) is 9.59 Å². The van der Waals surface area contributed by atoms with E-state index in [2.05, 4.69) is 38.4 Å². The number of rotatable bonds is 4. The second-order valence-corrected chi connectivity index (χ2v) is 6.43. The number of aryl methyl sites for hydroxylation is 1. The van der Waals surface area contributed by atoms with E-state index in [1.54, 1.807) is 6.07 Å². The minimum absolute atomic E-state index is 0.341. The molecule has 1 aromatic rings. The summed E-state index contributed by atoms with van der Waals surface area (Å²) in [5.74, 6) is -1.22. The molecule has 0 spiro atoms. The Hall–Kier alpha value is -1.40. The fourth-order valence-corrected chi connectivity index (χ4v) is 3.33. The first-order valence-electron chi connectivity index (χ1n) is 7.60. The van der Waals surface area contributed by atoms with Crippen molar-refractivity contribution in [2.24, 2.45) is 0 Å². The van der Waals surface area contributed by atoms with Crippen LogP contribution in [0.4, 0.5) is 5.69 Å². The zero-order chi connectivity index (χ0) is 16.1. The summed E-state index contributed by atoms with van der Waals surface area (Å²) in [7, 11) is 0. The van der Waals surface area contributed by atoms with Crippen molar-refractivity contribution in [3.63, 3.8) is 0 Å². The van der Waals surface area contributed by atoms with Crippen molar-refractivity contribution in [2.45, 2.75) is 32.7 Å². The first-order valence-corrected chi connectivity index (χ1v) is 8.40. The molecular formula is C16H22BrN3O2. The highest BCUT2D eigenvalue weighted by molar-refractivity contribution is 9.10. The van der Waals surface area contributed by atoms with Crippen molar-refractivity contribution < 1.29 is 9.59 Å². The van der Waals surface area contributed by atoms with Crippen LogP contribution in [-0.4, -0.2) is 42.4 Å². The summed E-state index contributed by atoms with van der Waals surface area (Å²) in [5.41, 5.74) is 1.68. The number of likely N-dealkylation sites (N-methyl/N-ethyl adjacent to an activating group) is 1. The van der Waals surface area contributed by atoms with Crippen molar-refractivity contribution in [2.75, 3.05) is 25.0 Å². The van der Waals surface area contributed by atoms with E-state index in [4.69, 9.17) is 0 Å². The van der Waals surface area contributed by atoms with Crippen LogP contribution in [0.3, 0.4) is 0 Å². The average Bonchev–Trinajstić information content (AvgIpc) is 2.95. The maximum atomic E-state index is 11.9. The number of anilines is 1. The van der Waals surface area contributed by atoms with Gasteiger partial charge < -0.3 is 10.6 Å². The summed E-state index contributed by atoms with van der Waals surface area (Å²) < 4.78 is 0.765. The molecule has 1 saturated heterocycles. The van der Waals surface area contributed by atoms with Crippen molar-refractivity contribution >= 4 is 33.4 Å². The molecule has 2 rings (SSSR count). The summed E-state index contributed by atoms with van der Waals surface area (Å²) in [6.45, 7) is 6.64. The van der Waals surface area contributed by atoms with Gasteiger partial charge in [0.1, 0.15) is 0 Å². The van der Waals surface area contributed by atoms with Crippen molar-refractivity contribution in [1.82, 2.24) is 10.2 Å². The van der Waals surface area contributed by atoms with Gasteiger partial charge in [0, 0.05) is 17.1 Å². The molecule has 6 heteroatoms. The molecule has 1 aliphatic rings. The number of hydrogen-bond donors (Lipinski definition) is 2. The van der Waals surface area contributed by atoms with E-state index >= 15 is 0 Å². The highest BCUT2D eigenvalue weighted by Crippen LogP contribution is 2.23. The van der Waals surface area contributed by atoms with Gasteiger partial charge in [0.2, 0.25) is 0 Å². The van der Waals surface area contributed by atoms with Gasteiger partial charge in [-0.1, -0.05) is 13.0 Å². The number of carbonyl (C=O) groups excluding carboxylic acids is 2. The first kappa shape index (κ1) is 17.0. The van der Waals surface area contributed by atoms with Gasteiger partial charge in [-0.2, -0.15) is 0 Å². The van der Waals surface area contributed by atoms with E-state index in [0.717, 1.165) is 36.0 Å². The zero-order valence-electron chi connectivity index (χ0n) is 13.0. The lowest BCUT2D eigenvalue weighted by molar-refractivity contribution is -0.136. The van der Waals surface area contributed by atoms with Gasteiger partial charge in [-0.15, -0.1) is 0 Å². The number of carbonyl (C=O) groups is 2. The van der Waals surface area contributed by atoms with Crippen LogP contribution in [0.2, 0.25) is 0 Å². The SMILES string of the molecule is CCN1CCC[C@H]1CNC(=O)C(=O)Nc1ccc(C)cc1Br. The number of amides is 2. The minimum atomic E-state index is -0.634. The third-order valence-electron chi connectivity index (χ3n) is 3.98. The van der Waals surface area contributed by atoms with Gasteiger partial charge >= 0.3 is 11.8 Å². The van der Waals surface area contributed by atoms with Gasteiger partial charge in [-0.05, 0) is 66.5 Å². The normalized spacial score (nSPS) is 18.2. The van der Waals surface area contributed by atoms with Crippen LogP contribution in [0.25, 0.3) is 0 Å². The molecule has 0 aromatic heterocycles. The monoisotopic (exact) mass is 367 g/mol. The molecule has 0 saturated carbocycles. The van der Waals surface area contributed by atoms with E-state index in [1.807, 2.05) is 19.1 Å². The lowest BCUT2D eigenvalue weighted by Gasteiger charge is -2.22. The van der Waals surface area contributed by atoms with Crippen LogP contribution in [0, 0.1) is 6.92 Å². The third kappa shape index (κ3) is 4.30. The fourth-order valence-electron chi connectivity index (χ4n) is 2.73. The Morgan fingerprint density at radius 1 is 1.36 bits per heavy atom. The molecule has 22 heavy (non-hydrogen) atoms. The van der Waals surface area contributed by atoms with Crippen molar-refractivity contribution in [3.8, 4) is 0 Å². The number of nitrogens with one attached hydrogen (secondary N) is 2. The number of benzene rings is 1. The van der Waals surface area contributed by atoms with E-state index in [-0.39, 0.29) is 0 Å². The van der Waals surface area contributed by atoms with Gasteiger partial charge in [0.15, 0.2) is 0 Å². The summed E-state index contributed by atoms with van der Waals surface area (Å²) in [5, 5.41) is 5.36. The Bertz CT molecular complexity index is 562. The van der Waals surface area contributed by atoms with Crippen molar-refractivity contribution in [1.29, 1.82) is 0 Å². The lowest BCUT2D eigenvalue weighted by atomic mass is 10.2. The zero-order valence-corrected chi connectivity index (χ0v) is 14.6. The first-order chi connectivity index (χ1) is 10.5. The van der Waals surface area contributed by atoms with Gasteiger partial charge in [-0.25, -0.2) is 0 Å². The Labute approximate surface area is 139 Å². The Kier molecular flexibility index (Phi) is 5.97. The number of hydrogen-bond acceptors (Lipinski definition) is 3. The van der Waals surface area contributed by atoms with Crippen LogP contribution in [-0.2, 0) is 9.59 Å². The number of nitrogens with zero attached hydrogens (tertiary/aromatic N) is 1. The molecule has 5 nitrogen and oxygen atoms in total. The summed E-state index contributed by atoms with van der Waals surface area (Å²) >= 11 is 3.38. The van der Waals surface area contributed by atoms with Gasteiger partial charge in [0.05, 0.1) is 5.69 Å². The molecule has 1 atom stereocenters. The summed E-state index contributed by atoms with van der Waals surface area (Å²) in [6, 6.07) is 5.90. The molecule has 0 unspecified atom stereocenters. The fraction of sp³-hybridized carbons (Fsp3) is 0.500. The molecule has 2 N–H and O–H groups in total. The molecule has 1 fully saturated rings. The Balaban J connectivity index is 1.85. The summed E-state index contributed by atoms with van der Waals surface area (Å²) in [4.78, 5) is 26.2. The molecule has 1 aliphatic heterocycles. The molecule has 0 bridgehead atoms. The van der Waals surface area contributed by atoms with Crippen LogP contribution in [0.1, 0.15) is 25.3 Å². The standard InChI is InChI=1S/C16H22BrN3O2/c1-3-20-8-4-5-12(20)10-18-15(21)16(22)19-14-7-6-11(2)9-13(14)17/h6-7,9,12H,3-5,8,10H2,1-2H3,(H,18,21)(H,19,22)/t12-/m0/s1. The predicted molar refractivity (Wildman–Crippen MR) is 90.8 cm³/mol. The topological polar surface area (TPSA) is 61.4 Å². The predicted octanol–water partition coefficient (Wildman–Crippen LogP) is 2.30. The highest BCUT2D eigenvalue weighted by Gasteiger charge is 2.24. The number of likely N-dealkylation sites (tertiary alicyclic amines) is 1. The molecule has 120 valence electrons. The molecule has 0 radical (unpaired) electrons. The van der Waals surface area contributed by atoms with Crippen LogP contribution >= 0.6 is 15.9 Å². The van der Waals surface area contributed by atoms with Crippen molar-refractivity contribution in [3.05, 3.63) is 28.2 Å². The maximum absolute atomic E-state index is 11.9. The largest absolute Gasteiger partial charge is 0.346 e. The Morgan fingerprint density at radius 3 is 2.82 bits per heavy atom. The smallest absolute Gasteiger partial charge is 0.313 e. The summed E-state index contributed by atoms with van der Waals surface area (Å²) in [6.07, 6.45) is 2.22. The maximum Gasteiger partial charge on any atom is 0.313 e. The van der Waals surface area contributed by atoms with E-state index in [0.29, 0.717) is 18.3 Å². The molecule has 2 amide bonds. The molecule has 1 heterocycles. The number of halogens is 1. The second-order valence-electron chi connectivity index (χ2n) is 5.57. The molecule has 0 aliphatic carbocycles. The molecule has 1 aromatic carbocycles. The average molecular weight is 368 g/mol. The van der Waals surface area contributed by atoms with Crippen LogP contribution in [0.5, 0.6) is 0 Å². The quantitative estimate of drug-likeness (QED) is 0.802. The third-order valence-corrected chi connectivity index (χ3v) is 4.64. The Morgan fingerprint density at radius 2 is 2.14 bits per heavy atom. The lowest BCUT2D eigenvalue weighted by Crippen LogP contribution is -2.43. The van der Waals surface area contributed by atoms with E-state index < -0.39 is 11.8 Å². The van der Waals surface area contributed by atoms with Crippen LogP contribution < -0.4 is 10.6 Å².